The number of aliphatic hydroxyl groups excluding tert-OH is 1. The number of hydrogen-bond donors (Lipinski definition) is 4. The molecule has 604 valence electrons. The van der Waals surface area contributed by atoms with Crippen molar-refractivity contribution in [2.24, 2.45) is 23.7 Å². The Morgan fingerprint density at radius 3 is 1.45 bits per heavy atom. The molecule has 9 aliphatic rings. The Hall–Kier alpha value is -8.39. The smallest absolute Gasteiger partial charge is 0.359 e. The van der Waals surface area contributed by atoms with Crippen molar-refractivity contribution < 1.29 is 129 Å². The minimum atomic E-state index is -5.01. The van der Waals surface area contributed by atoms with Crippen LogP contribution in [-0.4, -0.2) is 221 Å². The fourth-order valence-electron chi connectivity index (χ4n) is 13.6. The van der Waals surface area contributed by atoms with Gasteiger partial charge in [0.1, 0.15) is 56.5 Å². The predicted molar refractivity (Wildman–Crippen MR) is 397 cm³/mol. The van der Waals surface area contributed by atoms with Crippen molar-refractivity contribution >= 4 is 131 Å². The normalized spacial score (nSPS) is 22.5. The summed E-state index contributed by atoms with van der Waals surface area (Å²) in [6.07, 6.45) is 2.67. The van der Waals surface area contributed by atoms with Crippen LogP contribution in [0.5, 0.6) is 0 Å². The van der Waals surface area contributed by atoms with E-state index < -0.39 is 78.1 Å². The number of thiol groups is 2. The fraction of sp³-hybridized carbons (Fsp3) is 0.571. The first-order valence-corrected chi connectivity index (χ1v) is 42.9. The maximum Gasteiger partial charge on any atom is 0.359 e. The molecule has 0 amide bonds. The molecule has 0 spiro atoms. The number of aromatic amines is 1. The van der Waals surface area contributed by atoms with Crippen LogP contribution in [0.1, 0.15) is 211 Å². The predicted octanol–water partition coefficient (Wildman–Crippen LogP) is 6.80. The van der Waals surface area contributed by atoms with Gasteiger partial charge in [0.05, 0.1) is 78.1 Å². The number of fused-ring (bicyclic) bond motifs is 13. The second-order valence-corrected chi connectivity index (χ2v) is 35.4. The van der Waals surface area contributed by atoms with Gasteiger partial charge in [0.2, 0.25) is 0 Å². The number of carbonyl (C=O) groups excluding carboxylic acids is 12. The third-order valence-electron chi connectivity index (χ3n) is 18.2. The van der Waals surface area contributed by atoms with Crippen LogP contribution in [0.15, 0.2) is 24.3 Å². The van der Waals surface area contributed by atoms with E-state index in [0.717, 1.165) is 65.3 Å². The standard InChI is InChI=1S/C15H20N2O6.C13H16N2O5.C13H14N2O5.C12H13IO6.C12H16N2O4.C3H5BrO2.C2H6S2/c1-4-22-15(19)12-11-8-5-9(8)14(23-7-20-2)13(11)17(16-12)6-10(18)21-3;2*1-3-20-13(18)10-9-6-4-7(6)12(17)11(9)15(14-10)5-8(16)19-2;1-8(14)17-13(3,18-9(2)15)11-7-5-4-6-10(11)12(16)19-13;1-3-17-12(15)10-8-6-4-7(6)11(18-5-16-2)9(8)13-14-10;1-6-3(5)2-4;3-1-2-4/h8-9,14H,4-7H2,1-3H3;6-7,12,17H,3-5H2,1-2H3;6-7H,3-5H2,1-2H3;4-7H,1-3H3;6-7,11H,3-5H2,1-2H3,(H,13,14);2H2,1H3;3-4H,1-2H2/t8-,9+,14?;6-,7+,12?;6-,7+;;6-,7+,11?;;/m000.0../s1. The zero-order valence-electron chi connectivity index (χ0n) is 62.7. The summed E-state index contributed by atoms with van der Waals surface area (Å²) < 4.78 is 79.7. The molecule has 1 aromatic carbocycles. The minimum Gasteiger partial charge on any atom is -0.468 e. The van der Waals surface area contributed by atoms with Gasteiger partial charge < -0.3 is 61.9 Å². The molecule has 0 bridgehead atoms. The van der Waals surface area contributed by atoms with Crippen LogP contribution in [0, 0.1) is 27.2 Å². The Bertz CT molecular complexity index is 4260. The molecule has 3 unspecified atom stereocenters. The van der Waals surface area contributed by atoms with E-state index in [4.69, 9.17) is 51.8 Å². The molecular weight excluding hydrogens is 1670 g/mol. The molecular formula is C70H90BrIN8O28S2. The summed E-state index contributed by atoms with van der Waals surface area (Å²) in [6, 6.07) is 6.45. The van der Waals surface area contributed by atoms with E-state index in [0.29, 0.717) is 50.6 Å². The number of aliphatic hydroxyl groups is 1. The summed E-state index contributed by atoms with van der Waals surface area (Å²) in [6.45, 7) is 10.5. The number of hydrogen-bond acceptors (Lipinski definition) is 34. The van der Waals surface area contributed by atoms with Crippen molar-refractivity contribution in [2.45, 2.75) is 129 Å². The SMILES string of the molecule is CC(=O)OI1(C)(OC(C)=O)OC(=O)c2ccccc21.CCOC(=O)c1n[nH]c2c1[C@H]1C[C@H]1C2OCOC.CCOC(=O)c1nn(CC(=O)OC)c2c1[C@H]1C[C@H]1C2=O.CCOC(=O)c1nn(CC(=O)OC)c2c1[C@H]1C[C@H]1C2O.CCOC(=O)c1nn(CC(=O)OC)c2c1[C@H]1C[C@H]1C2OCOC.COC(=O)CBr.SCCS. The summed E-state index contributed by atoms with van der Waals surface area (Å²) in [5.74, 6) is -2.12. The Labute approximate surface area is 653 Å². The minimum absolute atomic E-state index is 0.0272. The molecule has 0 radical (unpaired) electrons. The first-order chi connectivity index (χ1) is 52.5. The number of nitrogens with zero attached hydrogens (tertiary/aromatic N) is 7. The Morgan fingerprint density at radius 1 is 0.555 bits per heavy atom. The number of H-pyrrole nitrogens is 1. The van der Waals surface area contributed by atoms with Crippen LogP contribution in [0.4, 0.5) is 0 Å². The topological polar surface area (TPSA) is 446 Å². The molecule has 4 aromatic heterocycles. The molecule has 40 heteroatoms. The van der Waals surface area contributed by atoms with Crippen molar-refractivity contribution in [3.63, 3.8) is 0 Å². The molecule has 14 rings (SSSR count). The Morgan fingerprint density at radius 2 is 0.982 bits per heavy atom. The van der Waals surface area contributed by atoms with E-state index in [1.165, 1.54) is 61.3 Å². The molecule has 4 fully saturated rings. The van der Waals surface area contributed by atoms with E-state index in [1.54, 1.807) is 66.2 Å². The average Bonchev–Trinajstić information content (AvgIpc) is 1.54. The van der Waals surface area contributed by atoms with Crippen LogP contribution in [0.3, 0.4) is 0 Å². The average molecular weight is 1760 g/mol. The molecule has 5 heterocycles. The number of benzene rings is 1. The molecule has 36 nitrogen and oxygen atoms in total. The number of ketones is 1. The summed E-state index contributed by atoms with van der Waals surface area (Å²) in [7, 11) is 8.36. The molecule has 5 aromatic rings. The number of nitrogens with one attached hydrogen (secondary N) is 1. The van der Waals surface area contributed by atoms with Gasteiger partial charge in [-0.05, 0) is 106 Å². The summed E-state index contributed by atoms with van der Waals surface area (Å²) in [5, 5.41) is 30.0. The maximum absolute atomic E-state index is 12.2. The number of methoxy groups -OCH3 is 6. The molecule has 110 heavy (non-hydrogen) atoms. The summed E-state index contributed by atoms with van der Waals surface area (Å²) in [5.41, 5.74) is 7.14. The molecule has 8 aliphatic carbocycles. The van der Waals surface area contributed by atoms with Gasteiger partial charge in [-0.15, -0.1) is 0 Å². The molecule has 2 N–H and O–H groups in total. The number of aromatic nitrogens is 8. The van der Waals surface area contributed by atoms with Crippen LogP contribution < -0.4 is 0 Å². The Kier molecular flexibility index (Phi) is 30.3. The van der Waals surface area contributed by atoms with Gasteiger partial charge in [-0.3, -0.25) is 38.4 Å². The van der Waals surface area contributed by atoms with E-state index >= 15 is 0 Å². The van der Waals surface area contributed by atoms with Crippen LogP contribution in [0.2, 0.25) is 0 Å². The third-order valence-corrected chi connectivity index (χ3v) is 27.7. The largest absolute Gasteiger partial charge is 0.468 e. The second kappa shape index (κ2) is 38.2. The Balaban J connectivity index is 0.000000168. The molecule has 1 aliphatic heterocycles. The molecule has 4 saturated carbocycles. The number of halogens is 2. The summed E-state index contributed by atoms with van der Waals surface area (Å²) >= 11 is 5.58. The van der Waals surface area contributed by atoms with Crippen molar-refractivity contribution in [3.8, 4) is 0 Å². The monoisotopic (exact) mass is 1760 g/mol. The number of carbonyl (C=O) groups is 12. The van der Waals surface area contributed by atoms with E-state index in [2.05, 4.69) is 80.9 Å². The zero-order chi connectivity index (χ0) is 80.8. The number of Topliss-reactive ketones (excluding diaryl/α,β-unsaturated/α-hetero) is 1. The van der Waals surface area contributed by atoms with E-state index in [9.17, 15) is 62.6 Å². The summed E-state index contributed by atoms with van der Waals surface area (Å²) in [4.78, 5) is 140. The maximum atomic E-state index is 12.2. The number of esters is 8. The number of ether oxygens (including phenoxy) is 12. The van der Waals surface area contributed by atoms with Gasteiger partial charge >= 0.3 is 160 Å². The van der Waals surface area contributed by atoms with Crippen LogP contribution in [0.25, 0.3) is 0 Å². The molecule has 11 atom stereocenters. The van der Waals surface area contributed by atoms with Crippen molar-refractivity contribution in [1.82, 2.24) is 39.5 Å². The van der Waals surface area contributed by atoms with Gasteiger partial charge in [0, 0.05) is 42.4 Å². The van der Waals surface area contributed by atoms with Gasteiger partial charge in [0.25, 0.3) is 0 Å². The third kappa shape index (κ3) is 19.2. The fourth-order valence-corrected chi connectivity index (χ4v) is 21.5. The van der Waals surface area contributed by atoms with Gasteiger partial charge in [-0.1, -0.05) is 15.9 Å². The van der Waals surface area contributed by atoms with Crippen molar-refractivity contribution in [1.29, 1.82) is 0 Å². The first kappa shape index (κ1) is 87.2. The number of alkyl halides is 2. The molecule has 0 saturated heterocycles. The van der Waals surface area contributed by atoms with E-state index in [-0.39, 0.29) is 141 Å². The van der Waals surface area contributed by atoms with Crippen molar-refractivity contribution in [2.75, 3.05) is 104 Å². The van der Waals surface area contributed by atoms with Gasteiger partial charge in [0.15, 0.2) is 28.6 Å². The van der Waals surface area contributed by atoms with Crippen LogP contribution >= 0.6 is 59.5 Å². The number of rotatable bonds is 24. The van der Waals surface area contributed by atoms with Crippen molar-refractivity contribution in [3.05, 3.63) is 101 Å². The second-order valence-electron chi connectivity index (χ2n) is 25.4. The van der Waals surface area contributed by atoms with E-state index in [1.807, 2.05) is 0 Å². The quantitative estimate of drug-likeness (QED) is 0.0123. The van der Waals surface area contributed by atoms with Gasteiger partial charge in [-0.25, -0.2) is 23.9 Å². The first-order valence-electron chi connectivity index (χ1n) is 34.7. The van der Waals surface area contributed by atoms with Crippen LogP contribution in [-0.2, 0) is 114 Å². The van der Waals surface area contributed by atoms with Gasteiger partial charge in [-0.2, -0.15) is 45.7 Å². The zero-order valence-corrected chi connectivity index (χ0v) is 68.3.